The smallest absolute Gasteiger partial charge is 0.206 e. The summed E-state index contributed by atoms with van der Waals surface area (Å²) < 4.78 is 30.9. The van der Waals surface area contributed by atoms with E-state index >= 15 is 8.78 Å². The summed E-state index contributed by atoms with van der Waals surface area (Å²) in [6.07, 6.45) is 3.74. The van der Waals surface area contributed by atoms with Crippen molar-refractivity contribution in [2.45, 2.75) is 107 Å². The lowest BCUT2D eigenvalue weighted by atomic mass is 9.51. The van der Waals surface area contributed by atoms with Crippen molar-refractivity contribution < 1.29 is 8.78 Å². The molecule has 0 aliphatic carbocycles. The number of hydrogen-bond donors (Lipinski definition) is 0. The summed E-state index contributed by atoms with van der Waals surface area (Å²) in [4.78, 5) is 0. The van der Waals surface area contributed by atoms with E-state index in [4.69, 9.17) is 0 Å². The molecule has 0 saturated carbocycles. The summed E-state index contributed by atoms with van der Waals surface area (Å²) in [5, 5.41) is 0. The highest BCUT2D eigenvalue weighted by atomic mass is 19.3. The third-order valence-corrected chi connectivity index (χ3v) is 7.78. The van der Waals surface area contributed by atoms with Crippen LogP contribution in [0.4, 0.5) is 8.78 Å². The Morgan fingerprint density at radius 2 is 1.26 bits per heavy atom. The maximum atomic E-state index is 15.4. The molecule has 2 heteroatoms. The SMILES string of the molecule is CCC(C)C(F)(F)C(C)(CC)C(C)(CC)CC(C)(CC)C(C)C. The molecule has 0 saturated heterocycles. The standard InChI is InChI=1S/C21H42F2/c1-11-17(7)21(22,23)20(10,14-4)19(9,13-3)15-18(8,12-2)16(5)6/h16-17H,11-15H2,1-10H3. The van der Waals surface area contributed by atoms with Crippen LogP contribution in [0.2, 0.25) is 0 Å². The lowest BCUT2D eigenvalue weighted by Gasteiger charge is -2.55. The molecular weight excluding hydrogens is 290 g/mol. The predicted octanol–water partition coefficient (Wildman–Crippen LogP) is 7.96. The molecule has 0 aliphatic heterocycles. The molecule has 0 fully saturated rings. The summed E-state index contributed by atoms with van der Waals surface area (Å²) in [6, 6.07) is 0. The molecule has 0 bridgehead atoms. The molecule has 0 rings (SSSR count). The van der Waals surface area contributed by atoms with Gasteiger partial charge in [0, 0.05) is 11.3 Å². The molecule has 23 heavy (non-hydrogen) atoms. The van der Waals surface area contributed by atoms with Crippen LogP contribution in [0.25, 0.3) is 0 Å². The fourth-order valence-electron chi connectivity index (χ4n) is 4.20. The average molecular weight is 333 g/mol. The van der Waals surface area contributed by atoms with Crippen LogP contribution in [0, 0.1) is 28.1 Å². The molecule has 4 unspecified atom stereocenters. The second-order valence-corrected chi connectivity index (χ2v) is 8.87. The molecule has 140 valence electrons. The molecule has 0 aromatic carbocycles. The van der Waals surface area contributed by atoms with Crippen LogP contribution in [0.1, 0.15) is 101 Å². The van der Waals surface area contributed by atoms with Gasteiger partial charge in [0.05, 0.1) is 0 Å². The largest absolute Gasteiger partial charge is 0.256 e. The highest BCUT2D eigenvalue weighted by Crippen LogP contribution is 2.61. The van der Waals surface area contributed by atoms with Gasteiger partial charge in [-0.3, -0.25) is 0 Å². The number of halogens is 2. The lowest BCUT2D eigenvalue weighted by molar-refractivity contribution is -0.214. The number of alkyl halides is 2. The first kappa shape index (κ1) is 22.9. The Kier molecular flexibility index (Phi) is 7.78. The monoisotopic (exact) mass is 332 g/mol. The fraction of sp³-hybridized carbons (Fsp3) is 1.00. The van der Waals surface area contributed by atoms with Crippen LogP contribution in [-0.4, -0.2) is 5.92 Å². The van der Waals surface area contributed by atoms with Crippen LogP contribution >= 0.6 is 0 Å². The molecule has 0 aliphatic rings. The molecular formula is C21H42F2. The average Bonchev–Trinajstić information content (AvgIpc) is 2.51. The predicted molar refractivity (Wildman–Crippen MR) is 99.1 cm³/mol. The second kappa shape index (κ2) is 7.83. The molecule has 4 atom stereocenters. The third kappa shape index (κ3) is 3.93. The van der Waals surface area contributed by atoms with Crippen LogP contribution < -0.4 is 0 Å². The van der Waals surface area contributed by atoms with Gasteiger partial charge in [-0.25, -0.2) is 8.78 Å². The van der Waals surface area contributed by atoms with Gasteiger partial charge < -0.3 is 0 Å². The second-order valence-electron chi connectivity index (χ2n) is 8.87. The van der Waals surface area contributed by atoms with E-state index in [0.717, 1.165) is 19.3 Å². The Balaban J connectivity index is 6.02. The zero-order valence-corrected chi connectivity index (χ0v) is 17.4. The van der Waals surface area contributed by atoms with Gasteiger partial charge in [-0.2, -0.15) is 0 Å². The van der Waals surface area contributed by atoms with Crippen LogP contribution in [0.3, 0.4) is 0 Å². The summed E-state index contributed by atoms with van der Waals surface area (Å²) in [6.45, 7) is 20.5. The van der Waals surface area contributed by atoms with Crippen LogP contribution in [0.15, 0.2) is 0 Å². The van der Waals surface area contributed by atoms with Crippen LogP contribution in [0.5, 0.6) is 0 Å². The van der Waals surface area contributed by atoms with Crippen LogP contribution in [-0.2, 0) is 0 Å². The first-order valence-electron chi connectivity index (χ1n) is 9.69. The highest BCUT2D eigenvalue weighted by molar-refractivity contribution is 5.04. The van der Waals surface area contributed by atoms with Crippen molar-refractivity contribution in [1.29, 1.82) is 0 Å². The van der Waals surface area contributed by atoms with Crippen molar-refractivity contribution in [2.24, 2.45) is 28.1 Å². The minimum Gasteiger partial charge on any atom is -0.206 e. The quantitative estimate of drug-likeness (QED) is 0.380. The molecule has 0 N–H and O–H groups in total. The third-order valence-electron chi connectivity index (χ3n) is 7.78. The molecule has 0 aromatic heterocycles. The number of rotatable bonds is 10. The molecule has 0 amide bonds. The summed E-state index contributed by atoms with van der Waals surface area (Å²) in [7, 11) is 0. The Morgan fingerprint density at radius 1 is 0.783 bits per heavy atom. The topological polar surface area (TPSA) is 0 Å². The van der Waals surface area contributed by atoms with E-state index in [9.17, 15) is 0 Å². The fourth-order valence-corrected chi connectivity index (χ4v) is 4.20. The summed E-state index contributed by atoms with van der Waals surface area (Å²) in [5.41, 5.74) is -1.24. The van der Waals surface area contributed by atoms with Gasteiger partial charge in [-0.05, 0) is 42.4 Å². The van der Waals surface area contributed by atoms with Gasteiger partial charge in [-0.1, -0.05) is 75.7 Å². The van der Waals surface area contributed by atoms with E-state index in [-0.39, 0.29) is 10.8 Å². The zero-order chi connectivity index (χ0) is 18.7. The van der Waals surface area contributed by atoms with E-state index in [2.05, 4.69) is 41.5 Å². The van der Waals surface area contributed by atoms with Gasteiger partial charge in [0.1, 0.15) is 0 Å². The van der Waals surface area contributed by atoms with Crippen molar-refractivity contribution in [3.8, 4) is 0 Å². The Hall–Kier alpha value is -0.140. The molecule has 0 spiro atoms. The van der Waals surface area contributed by atoms with Gasteiger partial charge in [0.15, 0.2) is 0 Å². The van der Waals surface area contributed by atoms with Crippen molar-refractivity contribution >= 4 is 0 Å². The zero-order valence-electron chi connectivity index (χ0n) is 17.4. The Labute approximate surface area is 144 Å². The normalized spacial score (nSPS) is 22.3. The van der Waals surface area contributed by atoms with Crippen molar-refractivity contribution in [3.63, 3.8) is 0 Å². The van der Waals surface area contributed by atoms with Gasteiger partial charge in [-0.15, -0.1) is 0 Å². The van der Waals surface area contributed by atoms with Crippen molar-refractivity contribution in [3.05, 3.63) is 0 Å². The van der Waals surface area contributed by atoms with Gasteiger partial charge in [0.25, 0.3) is 5.92 Å². The van der Waals surface area contributed by atoms with E-state index in [1.807, 2.05) is 20.8 Å². The summed E-state index contributed by atoms with van der Waals surface area (Å²) >= 11 is 0. The molecule has 0 radical (unpaired) electrons. The minimum atomic E-state index is -2.65. The van der Waals surface area contributed by atoms with Crippen molar-refractivity contribution in [1.82, 2.24) is 0 Å². The van der Waals surface area contributed by atoms with E-state index < -0.39 is 17.3 Å². The van der Waals surface area contributed by atoms with E-state index in [1.165, 1.54) is 0 Å². The lowest BCUT2D eigenvalue weighted by Crippen LogP contribution is -2.55. The molecule has 0 nitrogen and oxygen atoms in total. The maximum absolute atomic E-state index is 15.4. The highest BCUT2D eigenvalue weighted by Gasteiger charge is 2.61. The first-order valence-corrected chi connectivity index (χ1v) is 9.69. The van der Waals surface area contributed by atoms with Gasteiger partial charge in [0.2, 0.25) is 0 Å². The number of hydrogen-bond acceptors (Lipinski definition) is 0. The Bertz CT molecular complexity index is 363. The summed E-state index contributed by atoms with van der Waals surface area (Å²) in [5.74, 6) is -2.73. The maximum Gasteiger partial charge on any atom is 0.256 e. The van der Waals surface area contributed by atoms with Crippen molar-refractivity contribution in [2.75, 3.05) is 0 Å². The van der Waals surface area contributed by atoms with Gasteiger partial charge >= 0.3 is 0 Å². The van der Waals surface area contributed by atoms with E-state index in [0.29, 0.717) is 18.8 Å². The van der Waals surface area contributed by atoms with E-state index in [1.54, 1.807) is 6.92 Å². The Morgan fingerprint density at radius 3 is 1.52 bits per heavy atom. The first-order chi connectivity index (χ1) is 10.3. The molecule has 0 heterocycles. The minimum absolute atomic E-state index is 0.104. The molecule has 0 aromatic rings.